The van der Waals surface area contributed by atoms with Crippen LogP contribution in [0.3, 0.4) is 0 Å². The average Bonchev–Trinajstić information content (AvgIpc) is 2.90. The molecule has 1 aromatic heterocycles. The minimum Gasteiger partial charge on any atom is -0.332 e. The quantitative estimate of drug-likeness (QED) is 0.785. The maximum absolute atomic E-state index is 12.4. The van der Waals surface area contributed by atoms with Crippen LogP contribution < -0.4 is 10.6 Å². The molecule has 8 nitrogen and oxygen atoms in total. The van der Waals surface area contributed by atoms with Gasteiger partial charge in [-0.15, -0.1) is 5.10 Å². The number of tetrazole rings is 1. The van der Waals surface area contributed by atoms with E-state index in [9.17, 15) is 9.59 Å². The van der Waals surface area contributed by atoms with Crippen molar-refractivity contribution in [2.75, 3.05) is 0 Å². The van der Waals surface area contributed by atoms with Crippen molar-refractivity contribution >= 4 is 23.7 Å². The number of nitrogens with one attached hydrogen (secondary N) is 2. The molecule has 4 saturated carbocycles. The van der Waals surface area contributed by atoms with E-state index in [-0.39, 0.29) is 17.5 Å². The molecule has 1 aromatic rings. The number of thioether (sulfide) groups is 1. The molecule has 25 heavy (non-hydrogen) atoms. The highest BCUT2D eigenvalue weighted by Gasteiger charge is 2.51. The van der Waals surface area contributed by atoms with Gasteiger partial charge in [-0.25, -0.2) is 9.48 Å². The number of nitrogens with zero attached hydrogens (tertiary/aromatic N) is 4. The van der Waals surface area contributed by atoms with Crippen molar-refractivity contribution in [3.05, 3.63) is 0 Å². The van der Waals surface area contributed by atoms with Crippen molar-refractivity contribution in [1.29, 1.82) is 0 Å². The number of hydrogen-bond acceptors (Lipinski definition) is 6. The van der Waals surface area contributed by atoms with Gasteiger partial charge in [0.25, 0.3) is 0 Å². The highest BCUT2D eigenvalue weighted by atomic mass is 32.2. The monoisotopic (exact) mass is 364 g/mol. The zero-order chi connectivity index (χ0) is 17.6. The first-order chi connectivity index (χ1) is 11.9. The normalized spacial score (nSPS) is 33.9. The van der Waals surface area contributed by atoms with Gasteiger partial charge in [0.2, 0.25) is 11.1 Å². The molecule has 136 valence electrons. The molecule has 4 fully saturated rings. The summed E-state index contributed by atoms with van der Waals surface area (Å²) in [5.74, 6) is 1.93. The smallest absolute Gasteiger partial charge is 0.321 e. The summed E-state index contributed by atoms with van der Waals surface area (Å²) in [5.41, 5.74) is -0.0942. The van der Waals surface area contributed by atoms with Gasteiger partial charge in [0.1, 0.15) is 0 Å². The summed E-state index contributed by atoms with van der Waals surface area (Å²) in [6.07, 6.45) is 7.16. The number of aromatic nitrogens is 4. The van der Waals surface area contributed by atoms with Crippen LogP contribution in [0.2, 0.25) is 0 Å². The van der Waals surface area contributed by atoms with Crippen LogP contribution in [0.5, 0.6) is 0 Å². The molecule has 1 heterocycles. The minimum atomic E-state index is -0.452. The van der Waals surface area contributed by atoms with Gasteiger partial charge in [-0.1, -0.05) is 11.8 Å². The molecule has 2 N–H and O–H groups in total. The Labute approximate surface area is 150 Å². The Bertz CT molecular complexity index is 655. The third-order valence-corrected chi connectivity index (χ3v) is 7.01. The first-order valence-electron chi connectivity index (χ1n) is 8.94. The van der Waals surface area contributed by atoms with Gasteiger partial charge in [0.15, 0.2) is 0 Å². The van der Waals surface area contributed by atoms with Crippen molar-refractivity contribution in [2.45, 2.75) is 61.4 Å². The molecule has 0 spiro atoms. The first-order valence-corrected chi connectivity index (χ1v) is 9.82. The molecule has 3 amide bonds. The Balaban J connectivity index is 1.33. The fourth-order valence-corrected chi connectivity index (χ4v) is 6.04. The Hall–Kier alpha value is -1.64. The van der Waals surface area contributed by atoms with Crippen LogP contribution in [0.15, 0.2) is 5.16 Å². The molecule has 4 aliphatic carbocycles. The topological polar surface area (TPSA) is 102 Å². The molecule has 9 heteroatoms. The SMILES string of the molecule is C[C@@H](Sc1nnnn1C)C(=O)NC(=O)NC12CC3CC(CC(C3)C1)C2. The summed E-state index contributed by atoms with van der Waals surface area (Å²) in [5, 5.41) is 16.9. The number of amides is 3. The molecule has 0 aromatic carbocycles. The van der Waals surface area contributed by atoms with E-state index in [0.717, 1.165) is 37.0 Å². The van der Waals surface area contributed by atoms with Gasteiger partial charge < -0.3 is 5.32 Å². The Morgan fingerprint density at radius 2 is 1.80 bits per heavy atom. The summed E-state index contributed by atoms with van der Waals surface area (Å²) in [6, 6.07) is -0.365. The molecular weight excluding hydrogens is 340 g/mol. The van der Waals surface area contributed by atoms with E-state index in [1.54, 1.807) is 14.0 Å². The van der Waals surface area contributed by atoms with Gasteiger partial charge in [0.05, 0.1) is 5.25 Å². The second-order valence-corrected chi connectivity index (χ2v) is 9.29. The second kappa shape index (κ2) is 6.26. The lowest BCUT2D eigenvalue weighted by molar-refractivity contribution is -0.119. The second-order valence-electron chi connectivity index (χ2n) is 7.99. The minimum absolute atomic E-state index is 0.0942. The summed E-state index contributed by atoms with van der Waals surface area (Å²) < 4.78 is 1.50. The molecule has 0 radical (unpaired) electrons. The summed E-state index contributed by atoms with van der Waals surface area (Å²) in [4.78, 5) is 24.7. The summed E-state index contributed by atoms with van der Waals surface area (Å²) in [7, 11) is 1.71. The van der Waals surface area contributed by atoms with Crippen LogP contribution in [-0.2, 0) is 11.8 Å². The fraction of sp³-hybridized carbons (Fsp3) is 0.812. The third kappa shape index (κ3) is 3.38. The summed E-state index contributed by atoms with van der Waals surface area (Å²) in [6.45, 7) is 1.74. The number of rotatable bonds is 4. The molecule has 5 rings (SSSR count). The largest absolute Gasteiger partial charge is 0.332 e. The highest BCUT2D eigenvalue weighted by molar-refractivity contribution is 8.00. The van der Waals surface area contributed by atoms with Gasteiger partial charge in [-0.3, -0.25) is 10.1 Å². The van der Waals surface area contributed by atoms with E-state index >= 15 is 0 Å². The van der Waals surface area contributed by atoms with Gasteiger partial charge in [0, 0.05) is 12.6 Å². The molecule has 0 saturated heterocycles. The van der Waals surface area contributed by atoms with E-state index in [1.807, 2.05) is 0 Å². The lowest BCUT2D eigenvalue weighted by Gasteiger charge is -2.56. The average molecular weight is 364 g/mol. The summed E-state index contributed by atoms with van der Waals surface area (Å²) >= 11 is 1.23. The van der Waals surface area contributed by atoms with Crippen LogP contribution in [-0.4, -0.2) is 42.9 Å². The van der Waals surface area contributed by atoms with Crippen LogP contribution in [0.1, 0.15) is 45.4 Å². The zero-order valence-corrected chi connectivity index (χ0v) is 15.4. The van der Waals surface area contributed by atoms with Gasteiger partial charge in [-0.2, -0.15) is 0 Å². The lowest BCUT2D eigenvalue weighted by atomic mass is 9.53. The number of urea groups is 1. The predicted molar refractivity (Wildman–Crippen MR) is 91.7 cm³/mol. The Kier molecular flexibility index (Phi) is 4.21. The van der Waals surface area contributed by atoms with Crippen molar-refractivity contribution in [1.82, 2.24) is 30.8 Å². The predicted octanol–water partition coefficient (Wildman–Crippen LogP) is 1.49. The van der Waals surface area contributed by atoms with Gasteiger partial charge >= 0.3 is 6.03 Å². The number of carbonyl (C=O) groups excluding carboxylic acids is 2. The Morgan fingerprint density at radius 1 is 1.20 bits per heavy atom. The van der Waals surface area contributed by atoms with E-state index in [4.69, 9.17) is 0 Å². The van der Waals surface area contributed by atoms with Crippen LogP contribution in [0.25, 0.3) is 0 Å². The maximum atomic E-state index is 12.4. The number of carbonyl (C=O) groups is 2. The van der Waals surface area contributed by atoms with E-state index in [2.05, 4.69) is 26.2 Å². The first kappa shape index (κ1) is 16.8. The van der Waals surface area contributed by atoms with Crippen molar-refractivity contribution in [3.8, 4) is 0 Å². The van der Waals surface area contributed by atoms with Crippen LogP contribution >= 0.6 is 11.8 Å². The van der Waals surface area contributed by atoms with Crippen molar-refractivity contribution in [3.63, 3.8) is 0 Å². The van der Waals surface area contributed by atoms with Gasteiger partial charge in [-0.05, 0) is 73.6 Å². The molecule has 0 aliphatic heterocycles. The lowest BCUT2D eigenvalue weighted by Crippen LogP contribution is -2.62. The third-order valence-electron chi connectivity index (χ3n) is 5.89. The standard InChI is InChI=1S/C16H24N6O2S/c1-9(25-15-19-20-21-22(15)2)13(23)17-14(24)18-16-6-10-3-11(7-16)5-12(4-10)8-16/h9-12H,3-8H2,1-2H3,(H2,17,18,23,24)/t9-,10?,11?,12?,16?/m1/s1. The Morgan fingerprint density at radius 3 is 2.32 bits per heavy atom. The molecule has 1 atom stereocenters. The maximum Gasteiger partial charge on any atom is 0.321 e. The number of hydrogen-bond donors (Lipinski definition) is 2. The zero-order valence-electron chi connectivity index (χ0n) is 14.6. The van der Waals surface area contributed by atoms with Crippen molar-refractivity contribution in [2.24, 2.45) is 24.8 Å². The van der Waals surface area contributed by atoms with Crippen LogP contribution in [0, 0.1) is 17.8 Å². The number of imide groups is 1. The van der Waals surface area contributed by atoms with Crippen molar-refractivity contribution < 1.29 is 9.59 Å². The molecule has 4 bridgehead atoms. The molecule has 4 aliphatic rings. The highest BCUT2D eigenvalue weighted by Crippen LogP contribution is 2.55. The van der Waals surface area contributed by atoms with E-state index in [0.29, 0.717) is 5.16 Å². The van der Waals surface area contributed by atoms with Crippen LogP contribution in [0.4, 0.5) is 4.79 Å². The molecule has 0 unspecified atom stereocenters. The fourth-order valence-electron chi connectivity index (χ4n) is 5.28. The van der Waals surface area contributed by atoms with E-state index in [1.165, 1.54) is 35.7 Å². The van der Waals surface area contributed by atoms with E-state index < -0.39 is 5.25 Å². The number of aryl methyl sites for hydroxylation is 1. The molecular formula is C16H24N6O2S.